The molecule has 124 valence electrons. The summed E-state index contributed by atoms with van der Waals surface area (Å²) in [6, 6.07) is 12.1. The average molecular weight is 315 g/mol. The first kappa shape index (κ1) is 17.5. The summed E-state index contributed by atoms with van der Waals surface area (Å²) in [5, 5.41) is 11.3. The number of carbonyl (C=O) groups excluding carboxylic acids is 1. The van der Waals surface area contributed by atoms with Gasteiger partial charge in [-0.15, -0.1) is 5.06 Å². The summed E-state index contributed by atoms with van der Waals surface area (Å²) in [5.74, 6) is -0.224. The molecular formula is C18H25N3O2. The van der Waals surface area contributed by atoms with Crippen LogP contribution in [0.15, 0.2) is 30.3 Å². The highest BCUT2D eigenvalue weighted by molar-refractivity contribution is 5.75. The Labute approximate surface area is 138 Å². The molecule has 1 aliphatic rings. The molecule has 1 aromatic rings. The number of hydrogen-bond donors (Lipinski definition) is 0. The smallest absolute Gasteiger partial charge is 0.330 e. The van der Waals surface area contributed by atoms with E-state index in [1.165, 1.54) is 0 Å². The standard InChI is InChI=1S/C18H25N3O2/c1-14-13-20(23-17(22)18(2,3)4)10-11-21(14)16(12-19)15-8-6-5-7-9-15/h5-9,14,16H,10-11,13H2,1-4H3. The van der Waals surface area contributed by atoms with Crippen LogP contribution in [0.1, 0.15) is 39.3 Å². The molecule has 5 nitrogen and oxygen atoms in total. The molecule has 0 spiro atoms. The molecule has 0 bridgehead atoms. The van der Waals surface area contributed by atoms with Crippen molar-refractivity contribution < 1.29 is 9.63 Å². The van der Waals surface area contributed by atoms with E-state index < -0.39 is 5.41 Å². The van der Waals surface area contributed by atoms with Gasteiger partial charge in [-0.2, -0.15) is 5.26 Å². The second-order valence-electron chi connectivity index (χ2n) is 7.05. The van der Waals surface area contributed by atoms with Gasteiger partial charge in [0, 0.05) is 19.1 Å². The lowest BCUT2D eigenvalue weighted by atomic mass is 9.98. The van der Waals surface area contributed by atoms with E-state index in [9.17, 15) is 10.1 Å². The largest absolute Gasteiger partial charge is 0.367 e. The number of nitriles is 1. The lowest BCUT2D eigenvalue weighted by Crippen LogP contribution is -2.53. The van der Waals surface area contributed by atoms with Crippen molar-refractivity contribution in [2.75, 3.05) is 19.6 Å². The van der Waals surface area contributed by atoms with Gasteiger partial charge in [0.1, 0.15) is 6.04 Å². The van der Waals surface area contributed by atoms with Crippen LogP contribution in [-0.2, 0) is 9.63 Å². The fraction of sp³-hybridized carbons (Fsp3) is 0.556. The number of carbonyl (C=O) groups is 1. The van der Waals surface area contributed by atoms with Crippen molar-refractivity contribution in [3.8, 4) is 6.07 Å². The topological polar surface area (TPSA) is 56.6 Å². The molecule has 0 amide bonds. The fourth-order valence-corrected chi connectivity index (χ4v) is 2.63. The van der Waals surface area contributed by atoms with Crippen LogP contribution >= 0.6 is 0 Å². The summed E-state index contributed by atoms with van der Waals surface area (Å²) in [6.45, 7) is 9.49. The predicted octanol–water partition coefficient (Wildman–Crippen LogP) is 2.76. The third kappa shape index (κ3) is 4.31. The Morgan fingerprint density at radius 2 is 1.96 bits per heavy atom. The Hall–Kier alpha value is -1.90. The Balaban J connectivity index is 2.01. The molecule has 1 heterocycles. The molecule has 0 aromatic heterocycles. The van der Waals surface area contributed by atoms with E-state index in [-0.39, 0.29) is 18.1 Å². The molecule has 0 radical (unpaired) electrons. The zero-order chi connectivity index (χ0) is 17.0. The molecule has 5 heteroatoms. The molecule has 1 aromatic carbocycles. The zero-order valence-corrected chi connectivity index (χ0v) is 14.3. The van der Waals surface area contributed by atoms with Gasteiger partial charge in [0.2, 0.25) is 0 Å². The van der Waals surface area contributed by atoms with E-state index in [2.05, 4.69) is 17.9 Å². The number of benzene rings is 1. The number of hydrogen-bond acceptors (Lipinski definition) is 5. The van der Waals surface area contributed by atoms with Crippen LogP contribution in [0, 0.1) is 16.7 Å². The first-order valence-electron chi connectivity index (χ1n) is 8.00. The van der Waals surface area contributed by atoms with Crippen molar-refractivity contribution in [1.82, 2.24) is 9.96 Å². The first-order valence-corrected chi connectivity index (χ1v) is 8.00. The Bertz CT molecular complexity index is 574. The van der Waals surface area contributed by atoms with Gasteiger partial charge in [-0.05, 0) is 33.3 Å². The van der Waals surface area contributed by atoms with Gasteiger partial charge >= 0.3 is 5.97 Å². The molecule has 0 N–H and O–H groups in total. The van der Waals surface area contributed by atoms with Crippen molar-refractivity contribution in [3.05, 3.63) is 35.9 Å². The highest BCUT2D eigenvalue weighted by atomic mass is 16.7. The van der Waals surface area contributed by atoms with E-state index >= 15 is 0 Å². The molecular weight excluding hydrogens is 290 g/mol. The Morgan fingerprint density at radius 3 is 2.48 bits per heavy atom. The van der Waals surface area contributed by atoms with E-state index in [1.807, 2.05) is 51.1 Å². The van der Waals surface area contributed by atoms with Gasteiger partial charge in [-0.3, -0.25) is 4.90 Å². The number of hydroxylamine groups is 2. The second kappa shape index (κ2) is 7.12. The second-order valence-corrected chi connectivity index (χ2v) is 7.05. The maximum Gasteiger partial charge on any atom is 0.330 e. The summed E-state index contributed by atoms with van der Waals surface area (Å²) in [7, 11) is 0. The minimum atomic E-state index is -0.514. The van der Waals surface area contributed by atoms with Gasteiger partial charge in [-0.1, -0.05) is 30.3 Å². The van der Waals surface area contributed by atoms with Crippen LogP contribution < -0.4 is 0 Å². The summed E-state index contributed by atoms with van der Waals surface area (Å²) in [4.78, 5) is 19.6. The minimum Gasteiger partial charge on any atom is -0.367 e. The number of rotatable bonds is 3. The predicted molar refractivity (Wildman–Crippen MR) is 88.1 cm³/mol. The molecule has 2 unspecified atom stereocenters. The quantitative estimate of drug-likeness (QED) is 0.858. The fourth-order valence-electron chi connectivity index (χ4n) is 2.63. The Morgan fingerprint density at radius 1 is 1.30 bits per heavy atom. The molecule has 2 atom stereocenters. The summed E-state index contributed by atoms with van der Waals surface area (Å²) < 4.78 is 0. The van der Waals surface area contributed by atoms with E-state index in [1.54, 1.807) is 5.06 Å². The lowest BCUT2D eigenvalue weighted by molar-refractivity contribution is -0.211. The maximum absolute atomic E-state index is 12.0. The van der Waals surface area contributed by atoms with Crippen molar-refractivity contribution in [3.63, 3.8) is 0 Å². The third-order valence-electron chi connectivity index (χ3n) is 4.04. The average Bonchev–Trinajstić information content (AvgIpc) is 2.50. The highest BCUT2D eigenvalue weighted by Crippen LogP contribution is 2.25. The molecule has 0 aliphatic carbocycles. The van der Waals surface area contributed by atoms with Crippen molar-refractivity contribution in [1.29, 1.82) is 5.26 Å². The van der Waals surface area contributed by atoms with Gasteiger partial charge in [-0.25, -0.2) is 4.79 Å². The van der Waals surface area contributed by atoms with Crippen LogP contribution in [0.5, 0.6) is 0 Å². The zero-order valence-electron chi connectivity index (χ0n) is 14.3. The number of piperazine rings is 1. The Kier molecular flexibility index (Phi) is 5.40. The molecule has 1 fully saturated rings. The van der Waals surface area contributed by atoms with Crippen molar-refractivity contribution >= 4 is 5.97 Å². The van der Waals surface area contributed by atoms with Gasteiger partial charge in [0.15, 0.2) is 0 Å². The monoisotopic (exact) mass is 315 g/mol. The van der Waals surface area contributed by atoms with Crippen molar-refractivity contribution in [2.24, 2.45) is 5.41 Å². The minimum absolute atomic E-state index is 0.126. The van der Waals surface area contributed by atoms with E-state index in [0.29, 0.717) is 19.6 Å². The van der Waals surface area contributed by atoms with Gasteiger partial charge in [0.05, 0.1) is 18.0 Å². The first-order chi connectivity index (χ1) is 10.8. The van der Waals surface area contributed by atoms with Crippen LogP contribution in [0.4, 0.5) is 0 Å². The third-order valence-corrected chi connectivity index (χ3v) is 4.04. The van der Waals surface area contributed by atoms with Crippen LogP contribution in [-0.4, -0.2) is 41.6 Å². The summed E-state index contributed by atoms with van der Waals surface area (Å²) in [5.41, 5.74) is 0.488. The lowest BCUT2D eigenvalue weighted by Gasteiger charge is -2.41. The normalized spacial score (nSPS) is 21.4. The number of nitrogens with zero attached hydrogens (tertiary/aromatic N) is 3. The summed E-state index contributed by atoms with van der Waals surface area (Å²) >= 11 is 0. The van der Waals surface area contributed by atoms with Gasteiger partial charge in [0.25, 0.3) is 0 Å². The maximum atomic E-state index is 12.0. The van der Waals surface area contributed by atoms with Crippen LogP contribution in [0.25, 0.3) is 0 Å². The molecule has 2 rings (SSSR count). The van der Waals surface area contributed by atoms with Gasteiger partial charge < -0.3 is 4.84 Å². The van der Waals surface area contributed by atoms with E-state index in [4.69, 9.17) is 4.84 Å². The summed E-state index contributed by atoms with van der Waals surface area (Å²) in [6.07, 6.45) is 0. The molecule has 23 heavy (non-hydrogen) atoms. The van der Waals surface area contributed by atoms with Crippen LogP contribution in [0.2, 0.25) is 0 Å². The van der Waals surface area contributed by atoms with E-state index in [0.717, 1.165) is 5.56 Å². The molecule has 0 saturated carbocycles. The highest BCUT2D eigenvalue weighted by Gasteiger charge is 2.33. The van der Waals surface area contributed by atoms with Crippen molar-refractivity contribution in [2.45, 2.75) is 39.8 Å². The molecule has 1 saturated heterocycles. The molecule has 1 aliphatic heterocycles. The van der Waals surface area contributed by atoms with Crippen LogP contribution in [0.3, 0.4) is 0 Å². The SMILES string of the molecule is CC1CN(OC(=O)C(C)(C)C)CCN1C(C#N)c1ccccc1.